The zero-order chi connectivity index (χ0) is 12.8. The van der Waals surface area contributed by atoms with Crippen molar-refractivity contribution in [3.05, 3.63) is 11.8 Å². The quantitative estimate of drug-likeness (QED) is 0.812. The third-order valence-electron chi connectivity index (χ3n) is 2.00. The van der Waals surface area contributed by atoms with Crippen LogP contribution in [0.1, 0.15) is 32.4 Å². The average Bonchev–Trinajstić information content (AvgIpc) is 2.65. The number of anilines is 1. The number of carbonyl (C=O) groups is 1. The van der Waals surface area contributed by atoms with Gasteiger partial charge in [-0.15, -0.1) is 0 Å². The maximum absolute atomic E-state index is 11.5. The summed E-state index contributed by atoms with van der Waals surface area (Å²) in [6.45, 7) is 5.94. The van der Waals surface area contributed by atoms with E-state index in [0.29, 0.717) is 11.6 Å². The Kier molecular flexibility index (Phi) is 5.50. The van der Waals surface area contributed by atoms with Crippen molar-refractivity contribution >= 4 is 23.6 Å². The van der Waals surface area contributed by atoms with Gasteiger partial charge in [0, 0.05) is 17.9 Å². The summed E-state index contributed by atoms with van der Waals surface area (Å²) in [5.74, 6) is 1.74. The minimum Gasteiger partial charge on any atom is -0.338 e. The van der Waals surface area contributed by atoms with E-state index in [4.69, 9.17) is 10.3 Å². The van der Waals surface area contributed by atoms with Gasteiger partial charge < -0.3 is 10.3 Å². The van der Waals surface area contributed by atoms with Gasteiger partial charge in [0.1, 0.15) is 0 Å². The van der Waals surface area contributed by atoms with Crippen LogP contribution in [0.25, 0.3) is 0 Å². The molecule has 1 aromatic rings. The van der Waals surface area contributed by atoms with Crippen LogP contribution in [0.3, 0.4) is 0 Å². The second-order valence-corrected chi connectivity index (χ2v) is 5.34. The van der Waals surface area contributed by atoms with Gasteiger partial charge in [-0.2, -0.15) is 11.8 Å². The Hall–Kier alpha value is -1.01. The number of thioether (sulfide) groups is 1. The van der Waals surface area contributed by atoms with Crippen molar-refractivity contribution in [1.29, 1.82) is 0 Å². The molecule has 6 heteroatoms. The van der Waals surface area contributed by atoms with Crippen molar-refractivity contribution in [3.8, 4) is 0 Å². The largest absolute Gasteiger partial charge is 0.338 e. The van der Waals surface area contributed by atoms with E-state index >= 15 is 0 Å². The van der Waals surface area contributed by atoms with Crippen molar-refractivity contribution in [1.82, 2.24) is 5.16 Å². The molecule has 0 aliphatic rings. The first-order valence-electron chi connectivity index (χ1n) is 5.58. The van der Waals surface area contributed by atoms with E-state index in [1.807, 2.05) is 20.8 Å². The predicted octanol–water partition coefficient (Wildman–Crippen LogP) is 1.82. The lowest BCUT2D eigenvalue weighted by Crippen LogP contribution is -2.20. The minimum absolute atomic E-state index is 0.0953. The number of aromatic nitrogens is 1. The fraction of sp³-hybridized carbons (Fsp3) is 0.636. The Balaban J connectivity index is 2.34. The van der Waals surface area contributed by atoms with Crippen LogP contribution in [-0.2, 0) is 4.79 Å². The Morgan fingerprint density at radius 3 is 2.82 bits per heavy atom. The summed E-state index contributed by atoms with van der Waals surface area (Å²) in [6.07, 6.45) is 0. The van der Waals surface area contributed by atoms with Crippen LogP contribution in [0.15, 0.2) is 10.6 Å². The molecule has 1 rings (SSSR count). The van der Waals surface area contributed by atoms with Crippen molar-refractivity contribution in [2.75, 3.05) is 16.8 Å². The summed E-state index contributed by atoms with van der Waals surface area (Å²) >= 11 is 1.50. The molecular weight excluding hydrogens is 238 g/mol. The van der Waals surface area contributed by atoms with Crippen LogP contribution in [0.2, 0.25) is 0 Å². The summed E-state index contributed by atoms with van der Waals surface area (Å²) in [6, 6.07) is 1.85. The van der Waals surface area contributed by atoms with Gasteiger partial charge in [0.25, 0.3) is 0 Å². The SMILES string of the molecule is CC(N)CSCC(=O)Nc1cc(C(C)C)no1. The van der Waals surface area contributed by atoms with Crippen LogP contribution >= 0.6 is 11.8 Å². The summed E-state index contributed by atoms with van der Waals surface area (Å²) in [5.41, 5.74) is 6.42. The van der Waals surface area contributed by atoms with E-state index in [-0.39, 0.29) is 17.9 Å². The van der Waals surface area contributed by atoms with Crippen LogP contribution in [0.5, 0.6) is 0 Å². The average molecular weight is 257 g/mol. The summed E-state index contributed by atoms with van der Waals surface area (Å²) in [5, 5.41) is 6.52. The molecule has 3 N–H and O–H groups in total. The Morgan fingerprint density at radius 2 is 2.29 bits per heavy atom. The van der Waals surface area contributed by atoms with Gasteiger partial charge in [-0.25, -0.2) is 0 Å². The summed E-state index contributed by atoms with van der Waals surface area (Å²) in [4.78, 5) is 11.5. The van der Waals surface area contributed by atoms with Gasteiger partial charge in [0.15, 0.2) is 0 Å². The predicted molar refractivity (Wildman–Crippen MR) is 70.2 cm³/mol. The number of amides is 1. The topological polar surface area (TPSA) is 81.2 Å². The normalized spacial score (nSPS) is 12.8. The molecular formula is C11H19N3O2S. The fourth-order valence-electron chi connectivity index (χ4n) is 1.13. The lowest BCUT2D eigenvalue weighted by atomic mass is 10.1. The number of hydrogen-bond donors (Lipinski definition) is 2. The summed E-state index contributed by atoms with van der Waals surface area (Å²) in [7, 11) is 0. The van der Waals surface area contributed by atoms with E-state index in [1.54, 1.807) is 6.07 Å². The highest BCUT2D eigenvalue weighted by molar-refractivity contribution is 8.00. The molecule has 0 bridgehead atoms. The maximum atomic E-state index is 11.5. The number of nitrogens with one attached hydrogen (secondary N) is 1. The zero-order valence-electron chi connectivity index (χ0n) is 10.4. The van der Waals surface area contributed by atoms with Gasteiger partial charge in [0.2, 0.25) is 11.8 Å². The van der Waals surface area contributed by atoms with Crippen LogP contribution in [-0.4, -0.2) is 28.6 Å². The van der Waals surface area contributed by atoms with Crippen LogP contribution < -0.4 is 11.1 Å². The molecule has 1 atom stereocenters. The number of nitrogens with zero attached hydrogens (tertiary/aromatic N) is 1. The first-order chi connectivity index (χ1) is 7.99. The highest BCUT2D eigenvalue weighted by Crippen LogP contribution is 2.17. The molecule has 0 aromatic carbocycles. The summed E-state index contributed by atoms with van der Waals surface area (Å²) < 4.78 is 5.01. The van der Waals surface area contributed by atoms with Gasteiger partial charge in [0.05, 0.1) is 11.4 Å². The molecule has 5 nitrogen and oxygen atoms in total. The molecule has 0 aliphatic heterocycles. The molecule has 1 unspecified atom stereocenters. The van der Waals surface area contributed by atoms with E-state index < -0.39 is 0 Å². The molecule has 0 saturated carbocycles. The second-order valence-electron chi connectivity index (χ2n) is 4.31. The van der Waals surface area contributed by atoms with Crippen molar-refractivity contribution in [3.63, 3.8) is 0 Å². The first kappa shape index (κ1) is 14.1. The maximum Gasteiger partial charge on any atom is 0.236 e. The van der Waals surface area contributed by atoms with Gasteiger partial charge in [-0.3, -0.25) is 10.1 Å². The highest BCUT2D eigenvalue weighted by Gasteiger charge is 2.10. The van der Waals surface area contributed by atoms with Crippen molar-refractivity contribution in [2.24, 2.45) is 5.73 Å². The lowest BCUT2D eigenvalue weighted by Gasteiger charge is -2.03. The van der Waals surface area contributed by atoms with Crippen LogP contribution in [0.4, 0.5) is 5.88 Å². The van der Waals surface area contributed by atoms with Gasteiger partial charge >= 0.3 is 0 Å². The van der Waals surface area contributed by atoms with E-state index in [1.165, 1.54) is 11.8 Å². The third-order valence-corrected chi connectivity index (χ3v) is 3.22. The van der Waals surface area contributed by atoms with Crippen molar-refractivity contribution in [2.45, 2.75) is 32.7 Å². The molecule has 0 aliphatic carbocycles. The molecule has 1 aromatic heterocycles. The minimum atomic E-state index is -0.0953. The third kappa shape index (κ3) is 5.23. The van der Waals surface area contributed by atoms with Gasteiger partial charge in [-0.1, -0.05) is 19.0 Å². The first-order valence-corrected chi connectivity index (χ1v) is 6.74. The molecule has 96 valence electrons. The Morgan fingerprint density at radius 1 is 1.59 bits per heavy atom. The van der Waals surface area contributed by atoms with E-state index in [0.717, 1.165) is 11.4 Å². The smallest absolute Gasteiger partial charge is 0.236 e. The highest BCUT2D eigenvalue weighted by atomic mass is 32.2. The van der Waals surface area contributed by atoms with Crippen LogP contribution in [0, 0.1) is 0 Å². The standard InChI is InChI=1S/C11H19N3O2S/c1-7(2)9-4-11(16-14-9)13-10(15)6-17-5-8(3)12/h4,7-8H,5-6,12H2,1-3H3,(H,13,15). The number of carbonyl (C=O) groups excluding carboxylic acids is 1. The Labute approximate surface area is 105 Å². The van der Waals surface area contributed by atoms with E-state index in [2.05, 4.69) is 10.5 Å². The number of hydrogen-bond acceptors (Lipinski definition) is 5. The number of nitrogens with two attached hydrogens (primary N) is 1. The molecule has 0 spiro atoms. The zero-order valence-corrected chi connectivity index (χ0v) is 11.2. The lowest BCUT2D eigenvalue weighted by molar-refractivity contribution is -0.113. The van der Waals surface area contributed by atoms with Crippen molar-refractivity contribution < 1.29 is 9.32 Å². The molecule has 0 saturated heterocycles. The van der Waals surface area contributed by atoms with E-state index in [9.17, 15) is 4.79 Å². The molecule has 1 amide bonds. The molecule has 17 heavy (non-hydrogen) atoms. The van der Waals surface area contributed by atoms with Gasteiger partial charge in [-0.05, 0) is 12.8 Å². The fourth-order valence-corrected chi connectivity index (χ4v) is 1.88. The Bertz CT molecular complexity index is 363. The second kappa shape index (κ2) is 6.66. The molecule has 0 fully saturated rings. The molecule has 1 heterocycles. The molecule has 0 radical (unpaired) electrons. The monoisotopic (exact) mass is 257 g/mol. The number of rotatable bonds is 6.